The van der Waals surface area contributed by atoms with Crippen molar-refractivity contribution in [3.63, 3.8) is 0 Å². The first-order valence-electron chi connectivity index (χ1n) is 16.3. The summed E-state index contributed by atoms with van der Waals surface area (Å²) in [5.41, 5.74) is 0. The molecular formula is C32H63O5P. The third-order valence-electron chi connectivity index (χ3n) is 7.23. The predicted molar refractivity (Wildman–Crippen MR) is 163 cm³/mol. The molecule has 6 heteroatoms. The standard InChI is InChI=1S/C32H63O5P/c1-3-5-7-9-11-13-15-16-17-19-20-22-24-26-31(33)35-28-30(29-36-38)37-32(34)27-25-23-21-18-14-12-10-8-6-4-2/h30H,3-29,38H2,1-2H3/t30-/m1/s1. The maximum atomic E-state index is 12.2. The lowest BCUT2D eigenvalue weighted by atomic mass is 10.0. The van der Waals surface area contributed by atoms with E-state index in [0.717, 1.165) is 25.7 Å². The van der Waals surface area contributed by atoms with E-state index < -0.39 is 6.10 Å². The van der Waals surface area contributed by atoms with Crippen molar-refractivity contribution in [3.8, 4) is 0 Å². The van der Waals surface area contributed by atoms with Crippen LogP contribution >= 0.6 is 9.47 Å². The first-order chi connectivity index (χ1) is 18.6. The lowest BCUT2D eigenvalue weighted by molar-refractivity contribution is -0.160. The summed E-state index contributed by atoms with van der Waals surface area (Å²) in [4.78, 5) is 24.3. The van der Waals surface area contributed by atoms with Gasteiger partial charge in [-0.15, -0.1) is 0 Å². The summed E-state index contributed by atoms with van der Waals surface area (Å²) in [6.07, 6.45) is 29.3. The monoisotopic (exact) mass is 558 g/mol. The Bertz CT molecular complexity index is 514. The van der Waals surface area contributed by atoms with Gasteiger partial charge in [0.2, 0.25) is 0 Å². The van der Waals surface area contributed by atoms with Gasteiger partial charge < -0.3 is 14.0 Å². The zero-order chi connectivity index (χ0) is 27.9. The van der Waals surface area contributed by atoms with E-state index in [2.05, 4.69) is 23.3 Å². The highest BCUT2D eigenvalue weighted by Gasteiger charge is 2.17. The zero-order valence-corrected chi connectivity index (χ0v) is 26.4. The second-order valence-corrected chi connectivity index (χ2v) is 11.4. The van der Waals surface area contributed by atoms with E-state index in [1.165, 1.54) is 122 Å². The number of esters is 2. The lowest BCUT2D eigenvalue weighted by Crippen LogP contribution is -2.28. The van der Waals surface area contributed by atoms with Gasteiger partial charge in [0.25, 0.3) is 0 Å². The minimum Gasteiger partial charge on any atom is -0.462 e. The Kier molecular flexibility index (Phi) is 30.3. The average molecular weight is 559 g/mol. The molecule has 0 spiro atoms. The molecule has 0 saturated carbocycles. The molecule has 0 aromatic heterocycles. The molecule has 0 N–H and O–H groups in total. The van der Waals surface area contributed by atoms with Crippen LogP contribution in [0.2, 0.25) is 0 Å². The SMILES string of the molecule is CCCCCCCCCCCCCCCC(=O)OC[C@H](COP)OC(=O)CCCCCCCCCCCC. The molecule has 0 bridgehead atoms. The van der Waals surface area contributed by atoms with Crippen molar-refractivity contribution in [3.05, 3.63) is 0 Å². The van der Waals surface area contributed by atoms with Gasteiger partial charge in [-0.05, 0) is 12.8 Å². The summed E-state index contributed by atoms with van der Waals surface area (Å²) in [5.74, 6) is -0.447. The van der Waals surface area contributed by atoms with Crippen LogP contribution in [0.5, 0.6) is 0 Å². The smallest absolute Gasteiger partial charge is 0.306 e. The molecule has 0 amide bonds. The van der Waals surface area contributed by atoms with Crippen LogP contribution in [0.3, 0.4) is 0 Å². The predicted octanol–water partition coefficient (Wildman–Crippen LogP) is 10.0. The van der Waals surface area contributed by atoms with Gasteiger partial charge >= 0.3 is 11.9 Å². The van der Waals surface area contributed by atoms with Gasteiger partial charge in [-0.25, -0.2) is 0 Å². The fourth-order valence-electron chi connectivity index (χ4n) is 4.77. The first-order valence-corrected chi connectivity index (χ1v) is 16.8. The van der Waals surface area contributed by atoms with Gasteiger partial charge in [0.1, 0.15) is 6.61 Å². The van der Waals surface area contributed by atoms with E-state index in [4.69, 9.17) is 14.0 Å². The second-order valence-electron chi connectivity index (χ2n) is 11.1. The Labute approximate surface area is 238 Å². The van der Waals surface area contributed by atoms with Crippen LogP contribution in [-0.4, -0.2) is 31.3 Å². The van der Waals surface area contributed by atoms with E-state index in [-0.39, 0.29) is 25.2 Å². The highest BCUT2D eigenvalue weighted by molar-refractivity contribution is 7.09. The molecule has 0 aliphatic carbocycles. The van der Waals surface area contributed by atoms with E-state index >= 15 is 0 Å². The Hall–Kier alpha value is -0.670. The highest BCUT2D eigenvalue weighted by atomic mass is 31.0. The van der Waals surface area contributed by atoms with Crippen molar-refractivity contribution in [2.45, 2.75) is 180 Å². The molecule has 0 radical (unpaired) electrons. The average Bonchev–Trinajstić information content (AvgIpc) is 2.91. The molecule has 0 saturated heterocycles. The fourth-order valence-corrected chi connectivity index (χ4v) is 4.98. The van der Waals surface area contributed by atoms with Gasteiger partial charge in [0.15, 0.2) is 6.10 Å². The minimum atomic E-state index is -0.543. The first kappa shape index (κ1) is 37.3. The zero-order valence-electron chi connectivity index (χ0n) is 25.3. The number of carbonyl (C=O) groups is 2. The highest BCUT2D eigenvalue weighted by Crippen LogP contribution is 2.14. The molecule has 0 heterocycles. The molecule has 0 aliphatic rings. The maximum Gasteiger partial charge on any atom is 0.306 e. The molecular weight excluding hydrogens is 495 g/mol. The van der Waals surface area contributed by atoms with Gasteiger partial charge in [-0.1, -0.05) is 149 Å². The molecule has 0 fully saturated rings. The van der Waals surface area contributed by atoms with Crippen LogP contribution in [0.4, 0.5) is 0 Å². The van der Waals surface area contributed by atoms with Crippen molar-refractivity contribution >= 4 is 21.4 Å². The van der Waals surface area contributed by atoms with Crippen molar-refractivity contribution in [1.29, 1.82) is 0 Å². The van der Waals surface area contributed by atoms with Gasteiger partial charge in [-0.3, -0.25) is 9.59 Å². The van der Waals surface area contributed by atoms with Gasteiger partial charge in [0.05, 0.1) is 6.61 Å². The van der Waals surface area contributed by atoms with E-state index in [0.29, 0.717) is 12.8 Å². The Morgan fingerprint density at radius 1 is 0.500 bits per heavy atom. The summed E-state index contributed by atoms with van der Waals surface area (Å²) in [5, 5.41) is 0. The number of rotatable bonds is 30. The van der Waals surface area contributed by atoms with Crippen molar-refractivity contribution in [1.82, 2.24) is 0 Å². The number of carbonyl (C=O) groups excluding carboxylic acids is 2. The Balaban J connectivity index is 3.66. The van der Waals surface area contributed by atoms with Crippen molar-refractivity contribution in [2.75, 3.05) is 13.2 Å². The normalized spacial score (nSPS) is 12.0. The third-order valence-corrected chi connectivity index (χ3v) is 7.42. The van der Waals surface area contributed by atoms with E-state index in [1.807, 2.05) is 0 Å². The van der Waals surface area contributed by atoms with Crippen LogP contribution in [0.1, 0.15) is 174 Å². The van der Waals surface area contributed by atoms with E-state index in [9.17, 15) is 9.59 Å². The van der Waals surface area contributed by atoms with Crippen molar-refractivity contribution in [2.24, 2.45) is 0 Å². The minimum absolute atomic E-state index is 0.0649. The molecule has 0 aliphatic heterocycles. The number of unbranched alkanes of at least 4 members (excludes halogenated alkanes) is 21. The lowest BCUT2D eigenvalue weighted by Gasteiger charge is -2.17. The molecule has 0 aromatic carbocycles. The summed E-state index contributed by atoms with van der Waals surface area (Å²) in [6.45, 7) is 4.78. The number of ether oxygens (including phenoxy) is 2. The molecule has 0 rings (SSSR count). The number of hydrogen-bond donors (Lipinski definition) is 0. The van der Waals surface area contributed by atoms with Crippen LogP contribution in [0, 0.1) is 0 Å². The molecule has 2 atom stereocenters. The largest absolute Gasteiger partial charge is 0.462 e. The molecule has 0 aromatic rings. The quantitative estimate of drug-likeness (QED) is 0.0498. The van der Waals surface area contributed by atoms with Gasteiger partial charge in [0, 0.05) is 22.3 Å². The molecule has 5 nitrogen and oxygen atoms in total. The van der Waals surface area contributed by atoms with Crippen LogP contribution < -0.4 is 0 Å². The summed E-state index contributed by atoms with van der Waals surface area (Å²) < 4.78 is 15.9. The topological polar surface area (TPSA) is 61.8 Å². The fraction of sp³-hybridized carbons (Fsp3) is 0.938. The summed E-state index contributed by atoms with van der Waals surface area (Å²) >= 11 is 0. The Morgan fingerprint density at radius 3 is 1.21 bits per heavy atom. The van der Waals surface area contributed by atoms with Crippen LogP contribution in [0.25, 0.3) is 0 Å². The van der Waals surface area contributed by atoms with Crippen molar-refractivity contribution < 1.29 is 23.6 Å². The second kappa shape index (κ2) is 30.9. The van der Waals surface area contributed by atoms with Crippen LogP contribution in [0.15, 0.2) is 0 Å². The summed E-state index contributed by atoms with van der Waals surface area (Å²) in [7, 11) is 2.17. The van der Waals surface area contributed by atoms with Gasteiger partial charge in [-0.2, -0.15) is 0 Å². The molecule has 1 unspecified atom stereocenters. The maximum absolute atomic E-state index is 12.2. The summed E-state index contributed by atoms with van der Waals surface area (Å²) in [6, 6.07) is 0. The molecule has 226 valence electrons. The van der Waals surface area contributed by atoms with E-state index in [1.54, 1.807) is 0 Å². The number of hydrogen-bond acceptors (Lipinski definition) is 5. The Morgan fingerprint density at radius 2 is 0.842 bits per heavy atom. The third kappa shape index (κ3) is 28.3. The molecule has 38 heavy (non-hydrogen) atoms. The van der Waals surface area contributed by atoms with Crippen LogP contribution in [-0.2, 0) is 23.6 Å².